The lowest BCUT2D eigenvalue weighted by molar-refractivity contribution is 0.0958. The molecular formula is C17H22N4O2S. The van der Waals surface area contributed by atoms with Crippen LogP contribution < -0.4 is 15.9 Å². The lowest BCUT2D eigenvalue weighted by Gasteiger charge is -2.07. The van der Waals surface area contributed by atoms with E-state index in [9.17, 15) is 4.79 Å². The molecule has 0 saturated carbocycles. The quantitative estimate of drug-likeness (QED) is 0.436. The highest BCUT2D eigenvalue weighted by Gasteiger charge is 2.15. The second-order valence-electron chi connectivity index (χ2n) is 5.12. The van der Waals surface area contributed by atoms with Crippen LogP contribution in [0.4, 0.5) is 5.13 Å². The molecule has 3 N–H and O–H groups in total. The van der Waals surface area contributed by atoms with Gasteiger partial charge in [-0.05, 0) is 25.0 Å². The number of hydrogen-bond donors (Lipinski definition) is 2. The molecular weight excluding hydrogens is 324 g/mol. The van der Waals surface area contributed by atoms with Gasteiger partial charge in [-0.25, -0.2) is 10.4 Å². The number of aromatic nitrogens is 1. The average molecular weight is 346 g/mol. The van der Waals surface area contributed by atoms with Crippen LogP contribution in [0.2, 0.25) is 0 Å². The van der Waals surface area contributed by atoms with Gasteiger partial charge in [0.25, 0.3) is 5.91 Å². The number of unbranched alkanes of at least 4 members (excludes halogenated alkanes) is 1. The van der Waals surface area contributed by atoms with Crippen molar-refractivity contribution in [2.75, 3.05) is 12.3 Å². The van der Waals surface area contributed by atoms with Gasteiger partial charge in [-0.1, -0.05) is 43.7 Å². The number of rotatable bonds is 8. The topological polar surface area (TPSA) is 89.6 Å². The number of para-hydroxylation sites is 1. The summed E-state index contributed by atoms with van der Waals surface area (Å²) in [4.78, 5) is 16.8. The first-order valence-electron chi connectivity index (χ1n) is 7.96. The Morgan fingerprint density at radius 2 is 2.21 bits per heavy atom. The summed E-state index contributed by atoms with van der Waals surface area (Å²) in [5.41, 5.74) is 9.68. The molecule has 0 fully saturated rings. The SMILES string of the molecule is CCCCOc1ccccc1/C=N/NC(=O)c1sc(N)nc1CC. The zero-order valence-electron chi connectivity index (χ0n) is 13.9. The van der Waals surface area contributed by atoms with E-state index in [1.165, 1.54) is 11.3 Å². The average Bonchev–Trinajstić information content (AvgIpc) is 2.97. The largest absolute Gasteiger partial charge is 0.493 e. The highest BCUT2D eigenvalue weighted by Crippen LogP contribution is 2.21. The third-order valence-electron chi connectivity index (χ3n) is 3.30. The molecule has 7 heteroatoms. The van der Waals surface area contributed by atoms with Gasteiger partial charge in [0.2, 0.25) is 0 Å². The number of hydrogen-bond acceptors (Lipinski definition) is 6. The molecule has 1 aromatic carbocycles. The molecule has 2 aromatic rings. The molecule has 0 aliphatic heterocycles. The summed E-state index contributed by atoms with van der Waals surface area (Å²) < 4.78 is 5.73. The molecule has 1 aromatic heterocycles. The Morgan fingerprint density at radius 1 is 1.42 bits per heavy atom. The summed E-state index contributed by atoms with van der Waals surface area (Å²) in [5, 5.41) is 4.41. The Morgan fingerprint density at radius 3 is 2.96 bits per heavy atom. The summed E-state index contributed by atoms with van der Waals surface area (Å²) in [6.07, 6.45) is 4.29. The number of anilines is 1. The Bertz CT molecular complexity index is 712. The van der Waals surface area contributed by atoms with Crippen molar-refractivity contribution < 1.29 is 9.53 Å². The van der Waals surface area contributed by atoms with E-state index in [1.807, 2.05) is 31.2 Å². The van der Waals surface area contributed by atoms with E-state index in [0.717, 1.165) is 24.2 Å². The monoisotopic (exact) mass is 346 g/mol. The number of benzene rings is 1. The minimum Gasteiger partial charge on any atom is -0.493 e. The number of nitrogen functional groups attached to an aromatic ring is 1. The van der Waals surface area contributed by atoms with E-state index >= 15 is 0 Å². The maximum Gasteiger partial charge on any atom is 0.283 e. The molecule has 0 spiro atoms. The number of nitrogens with two attached hydrogens (primary N) is 1. The molecule has 1 amide bonds. The molecule has 0 bridgehead atoms. The predicted octanol–water partition coefficient (Wildman–Crippen LogP) is 3.23. The zero-order valence-corrected chi connectivity index (χ0v) is 14.7. The Kier molecular flexibility index (Phi) is 6.74. The first-order valence-corrected chi connectivity index (χ1v) is 8.77. The molecule has 0 saturated heterocycles. The van der Waals surface area contributed by atoms with Crippen LogP contribution in [-0.2, 0) is 6.42 Å². The van der Waals surface area contributed by atoms with Gasteiger partial charge in [-0.2, -0.15) is 5.10 Å². The van der Waals surface area contributed by atoms with Crippen LogP contribution in [0.1, 0.15) is 47.6 Å². The van der Waals surface area contributed by atoms with Gasteiger partial charge in [-0.15, -0.1) is 0 Å². The van der Waals surface area contributed by atoms with Crippen LogP contribution in [0, 0.1) is 0 Å². The fourth-order valence-electron chi connectivity index (χ4n) is 2.04. The number of carbonyl (C=O) groups excluding carboxylic acids is 1. The van der Waals surface area contributed by atoms with Gasteiger partial charge < -0.3 is 10.5 Å². The molecule has 2 rings (SSSR count). The highest BCUT2D eigenvalue weighted by molar-refractivity contribution is 7.17. The number of thiazole rings is 1. The van der Waals surface area contributed by atoms with Gasteiger partial charge in [0.1, 0.15) is 10.6 Å². The number of nitrogens with zero attached hydrogens (tertiary/aromatic N) is 2. The molecule has 0 radical (unpaired) electrons. The summed E-state index contributed by atoms with van der Waals surface area (Å²) in [7, 11) is 0. The third kappa shape index (κ3) is 4.79. The normalized spacial score (nSPS) is 10.9. The summed E-state index contributed by atoms with van der Waals surface area (Å²) in [6, 6.07) is 7.58. The predicted molar refractivity (Wildman–Crippen MR) is 97.8 cm³/mol. The van der Waals surface area contributed by atoms with E-state index in [4.69, 9.17) is 10.5 Å². The standard InChI is InChI=1S/C17H22N4O2S/c1-3-5-10-23-14-9-7-6-8-12(14)11-19-21-16(22)15-13(4-2)20-17(18)24-15/h6-9,11H,3-5,10H2,1-2H3,(H2,18,20)(H,21,22)/b19-11+. The number of aryl methyl sites for hydroxylation is 1. The van der Waals surface area contributed by atoms with Crippen molar-refractivity contribution in [2.45, 2.75) is 33.1 Å². The minimum absolute atomic E-state index is 0.304. The Hall–Kier alpha value is -2.41. The third-order valence-corrected chi connectivity index (χ3v) is 4.22. The summed E-state index contributed by atoms with van der Waals surface area (Å²) in [5.74, 6) is 0.446. The number of nitrogens with one attached hydrogen (secondary N) is 1. The van der Waals surface area contributed by atoms with E-state index in [-0.39, 0.29) is 5.91 Å². The molecule has 0 atom stereocenters. The fraction of sp³-hybridized carbons (Fsp3) is 0.353. The van der Waals surface area contributed by atoms with Gasteiger partial charge in [-0.3, -0.25) is 4.79 Å². The number of hydrazone groups is 1. The highest BCUT2D eigenvalue weighted by atomic mass is 32.1. The minimum atomic E-state index is -0.304. The van der Waals surface area contributed by atoms with Crippen molar-refractivity contribution in [3.8, 4) is 5.75 Å². The number of amides is 1. The smallest absolute Gasteiger partial charge is 0.283 e. The Labute approximate surface area is 145 Å². The number of carbonyl (C=O) groups is 1. The van der Waals surface area contributed by atoms with Gasteiger partial charge in [0, 0.05) is 5.56 Å². The second-order valence-corrected chi connectivity index (χ2v) is 6.15. The first kappa shape index (κ1) is 17.9. The van der Waals surface area contributed by atoms with E-state index in [0.29, 0.717) is 28.7 Å². The first-order chi connectivity index (χ1) is 11.7. The van der Waals surface area contributed by atoms with E-state index in [2.05, 4.69) is 22.4 Å². The molecule has 0 aliphatic rings. The lowest BCUT2D eigenvalue weighted by atomic mass is 10.2. The summed E-state index contributed by atoms with van der Waals surface area (Å²) in [6.45, 7) is 4.70. The van der Waals surface area contributed by atoms with Crippen LogP contribution in [0.3, 0.4) is 0 Å². The molecule has 1 heterocycles. The zero-order chi connectivity index (χ0) is 17.4. The van der Waals surface area contributed by atoms with Gasteiger partial charge in [0.05, 0.1) is 18.5 Å². The molecule has 0 aliphatic carbocycles. The van der Waals surface area contributed by atoms with Crippen molar-refractivity contribution in [1.82, 2.24) is 10.4 Å². The molecule has 6 nitrogen and oxygen atoms in total. The maximum atomic E-state index is 12.2. The summed E-state index contributed by atoms with van der Waals surface area (Å²) >= 11 is 1.17. The maximum absolute atomic E-state index is 12.2. The van der Waals surface area contributed by atoms with Crippen LogP contribution in [-0.4, -0.2) is 23.7 Å². The lowest BCUT2D eigenvalue weighted by Crippen LogP contribution is -2.17. The molecule has 0 unspecified atom stereocenters. The van der Waals surface area contributed by atoms with Crippen molar-refractivity contribution in [1.29, 1.82) is 0 Å². The van der Waals surface area contributed by atoms with Crippen molar-refractivity contribution >= 4 is 28.6 Å². The molecule has 128 valence electrons. The Balaban J connectivity index is 2.02. The van der Waals surface area contributed by atoms with Crippen molar-refractivity contribution in [3.05, 3.63) is 40.4 Å². The molecule has 24 heavy (non-hydrogen) atoms. The van der Waals surface area contributed by atoms with Crippen LogP contribution >= 0.6 is 11.3 Å². The fourth-order valence-corrected chi connectivity index (χ4v) is 2.85. The van der Waals surface area contributed by atoms with Crippen molar-refractivity contribution in [2.24, 2.45) is 5.10 Å². The van der Waals surface area contributed by atoms with Crippen molar-refractivity contribution in [3.63, 3.8) is 0 Å². The van der Waals surface area contributed by atoms with E-state index < -0.39 is 0 Å². The number of ether oxygens (including phenoxy) is 1. The van der Waals surface area contributed by atoms with Crippen LogP contribution in [0.5, 0.6) is 5.75 Å². The van der Waals surface area contributed by atoms with Gasteiger partial charge >= 0.3 is 0 Å². The van der Waals surface area contributed by atoms with Crippen LogP contribution in [0.15, 0.2) is 29.4 Å². The second kappa shape index (κ2) is 9.02. The van der Waals surface area contributed by atoms with E-state index in [1.54, 1.807) is 6.21 Å². The van der Waals surface area contributed by atoms with Crippen LogP contribution in [0.25, 0.3) is 0 Å². The van der Waals surface area contributed by atoms with Gasteiger partial charge in [0.15, 0.2) is 5.13 Å².